The van der Waals surface area contributed by atoms with Crippen molar-refractivity contribution in [3.63, 3.8) is 0 Å². The van der Waals surface area contributed by atoms with Gasteiger partial charge in [-0.15, -0.1) is 0 Å². The second kappa shape index (κ2) is 8.31. The fourth-order valence-corrected chi connectivity index (χ4v) is 9.82. The summed E-state index contributed by atoms with van der Waals surface area (Å²) in [7, 11) is -2.53. The SMILES string of the molecule is O=P(c1ccccc1-c1ccc(F)cc1)(C1CCCCC1)C1CCCCC1. The van der Waals surface area contributed by atoms with E-state index in [-0.39, 0.29) is 5.82 Å². The first-order valence-electron chi connectivity index (χ1n) is 10.6. The van der Waals surface area contributed by atoms with Crippen molar-refractivity contribution in [1.29, 1.82) is 0 Å². The largest absolute Gasteiger partial charge is 0.318 e. The van der Waals surface area contributed by atoms with E-state index in [1.165, 1.54) is 50.7 Å². The van der Waals surface area contributed by atoms with Gasteiger partial charge in [0.1, 0.15) is 13.0 Å². The van der Waals surface area contributed by atoms with Crippen molar-refractivity contribution >= 4 is 12.4 Å². The highest BCUT2D eigenvalue weighted by Crippen LogP contribution is 2.62. The minimum Gasteiger partial charge on any atom is -0.318 e. The van der Waals surface area contributed by atoms with Gasteiger partial charge in [-0.3, -0.25) is 0 Å². The van der Waals surface area contributed by atoms with Crippen LogP contribution in [0.4, 0.5) is 4.39 Å². The predicted octanol–water partition coefficient (Wildman–Crippen LogP) is 7.15. The van der Waals surface area contributed by atoms with Crippen LogP contribution >= 0.6 is 7.14 Å². The molecule has 2 fully saturated rings. The van der Waals surface area contributed by atoms with Crippen LogP contribution in [0.25, 0.3) is 11.1 Å². The first-order valence-corrected chi connectivity index (χ1v) is 12.5. The van der Waals surface area contributed by atoms with Gasteiger partial charge in [-0.2, -0.15) is 0 Å². The predicted molar refractivity (Wildman–Crippen MR) is 113 cm³/mol. The van der Waals surface area contributed by atoms with Crippen LogP contribution in [-0.4, -0.2) is 11.3 Å². The number of benzene rings is 2. The zero-order valence-corrected chi connectivity index (χ0v) is 17.0. The first kappa shape index (κ1) is 18.9. The highest BCUT2D eigenvalue weighted by atomic mass is 31.2. The minimum atomic E-state index is -2.53. The molecule has 4 rings (SSSR count). The van der Waals surface area contributed by atoms with Crippen molar-refractivity contribution in [2.24, 2.45) is 0 Å². The second-order valence-electron chi connectivity index (χ2n) is 8.32. The normalized spacial score (nSPS) is 19.9. The summed E-state index contributed by atoms with van der Waals surface area (Å²) in [4.78, 5) is 0. The Morgan fingerprint density at radius 3 is 1.78 bits per heavy atom. The molecule has 27 heavy (non-hydrogen) atoms. The van der Waals surface area contributed by atoms with Gasteiger partial charge in [-0.25, -0.2) is 4.39 Å². The zero-order chi connectivity index (χ0) is 18.7. The molecule has 144 valence electrons. The summed E-state index contributed by atoms with van der Waals surface area (Å²) in [6.45, 7) is 0. The highest BCUT2D eigenvalue weighted by molar-refractivity contribution is 7.73. The van der Waals surface area contributed by atoms with Crippen LogP contribution in [0.1, 0.15) is 64.2 Å². The van der Waals surface area contributed by atoms with Gasteiger partial charge >= 0.3 is 0 Å². The molecule has 2 aliphatic carbocycles. The molecule has 0 N–H and O–H groups in total. The van der Waals surface area contributed by atoms with Gasteiger partial charge in [-0.1, -0.05) is 74.9 Å². The molecule has 0 aromatic heterocycles. The molecule has 2 aliphatic rings. The fraction of sp³-hybridized carbons (Fsp3) is 0.500. The number of hydrogen-bond acceptors (Lipinski definition) is 1. The Morgan fingerprint density at radius 2 is 1.22 bits per heavy atom. The Kier molecular flexibility index (Phi) is 5.83. The second-order valence-corrected chi connectivity index (χ2v) is 11.7. The van der Waals surface area contributed by atoms with Crippen molar-refractivity contribution in [1.82, 2.24) is 0 Å². The number of rotatable bonds is 4. The van der Waals surface area contributed by atoms with E-state index in [1.54, 1.807) is 0 Å². The van der Waals surface area contributed by atoms with E-state index in [0.717, 1.165) is 42.1 Å². The van der Waals surface area contributed by atoms with Crippen molar-refractivity contribution in [2.45, 2.75) is 75.5 Å². The van der Waals surface area contributed by atoms with Crippen molar-refractivity contribution in [3.8, 4) is 11.1 Å². The molecule has 0 aliphatic heterocycles. The highest BCUT2D eigenvalue weighted by Gasteiger charge is 2.43. The molecule has 0 radical (unpaired) electrons. The zero-order valence-electron chi connectivity index (χ0n) is 16.1. The van der Waals surface area contributed by atoms with Gasteiger partial charge < -0.3 is 4.57 Å². The average Bonchev–Trinajstić information content (AvgIpc) is 2.75. The smallest absolute Gasteiger partial charge is 0.123 e. The summed E-state index contributed by atoms with van der Waals surface area (Å²) in [6, 6.07) is 15.0. The molecule has 3 heteroatoms. The summed E-state index contributed by atoms with van der Waals surface area (Å²) < 4.78 is 28.4. The maximum Gasteiger partial charge on any atom is 0.123 e. The summed E-state index contributed by atoms with van der Waals surface area (Å²) in [5.41, 5.74) is 2.70. The van der Waals surface area contributed by atoms with E-state index in [9.17, 15) is 8.96 Å². The van der Waals surface area contributed by atoms with Gasteiger partial charge in [0.05, 0.1) is 0 Å². The quantitative estimate of drug-likeness (QED) is 0.512. The third-order valence-electron chi connectivity index (χ3n) is 6.67. The molecule has 0 unspecified atom stereocenters. The van der Waals surface area contributed by atoms with E-state index in [2.05, 4.69) is 12.1 Å². The van der Waals surface area contributed by atoms with Crippen molar-refractivity contribution in [3.05, 3.63) is 54.3 Å². The topological polar surface area (TPSA) is 17.1 Å². The van der Waals surface area contributed by atoms with Crippen LogP contribution in [0, 0.1) is 5.82 Å². The first-order chi connectivity index (χ1) is 13.2. The molecule has 0 bridgehead atoms. The number of halogens is 1. The van der Waals surface area contributed by atoms with Gasteiger partial charge in [0.25, 0.3) is 0 Å². The lowest BCUT2D eigenvalue weighted by Gasteiger charge is -2.39. The van der Waals surface area contributed by atoms with Crippen LogP contribution in [0.2, 0.25) is 0 Å². The maximum absolute atomic E-state index is 14.9. The monoisotopic (exact) mass is 384 g/mol. The summed E-state index contributed by atoms with van der Waals surface area (Å²) in [6.07, 6.45) is 11.8. The summed E-state index contributed by atoms with van der Waals surface area (Å²) >= 11 is 0. The van der Waals surface area contributed by atoms with E-state index < -0.39 is 7.14 Å². The average molecular weight is 384 g/mol. The number of hydrogen-bond donors (Lipinski definition) is 0. The molecular weight excluding hydrogens is 354 g/mol. The fourth-order valence-electron chi connectivity index (χ4n) is 5.27. The standard InChI is InChI=1S/C24H30FOP/c25-20-17-15-19(16-18-20)23-13-7-8-14-24(23)27(26,21-9-3-1-4-10-21)22-11-5-2-6-12-22/h7-8,13-18,21-22H,1-6,9-12H2. The molecule has 0 atom stereocenters. The van der Waals surface area contributed by atoms with E-state index in [4.69, 9.17) is 0 Å². The van der Waals surface area contributed by atoms with E-state index in [1.807, 2.05) is 24.3 Å². The molecule has 2 aromatic rings. The van der Waals surface area contributed by atoms with Crippen LogP contribution in [-0.2, 0) is 4.57 Å². The minimum absolute atomic E-state index is 0.223. The molecular formula is C24H30FOP. The van der Waals surface area contributed by atoms with Gasteiger partial charge in [0.15, 0.2) is 0 Å². The summed E-state index contributed by atoms with van der Waals surface area (Å²) in [5, 5.41) is 1.07. The van der Waals surface area contributed by atoms with Gasteiger partial charge in [0.2, 0.25) is 0 Å². The third-order valence-corrected chi connectivity index (χ3v) is 11.0. The van der Waals surface area contributed by atoms with Crippen molar-refractivity contribution in [2.75, 3.05) is 0 Å². The molecule has 2 aromatic carbocycles. The molecule has 0 saturated heterocycles. The lowest BCUT2D eigenvalue weighted by atomic mass is 9.99. The Bertz CT molecular complexity index is 779. The molecule has 0 amide bonds. The third kappa shape index (κ3) is 3.79. The molecule has 1 nitrogen and oxygen atoms in total. The molecule has 0 heterocycles. The Balaban J connectivity index is 1.82. The van der Waals surface area contributed by atoms with Crippen LogP contribution in [0.3, 0.4) is 0 Å². The Labute approximate surface area is 162 Å². The van der Waals surface area contributed by atoms with Crippen LogP contribution < -0.4 is 5.30 Å². The lowest BCUT2D eigenvalue weighted by Crippen LogP contribution is -2.30. The Hall–Kier alpha value is -1.40. The van der Waals surface area contributed by atoms with E-state index in [0.29, 0.717) is 11.3 Å². The molecule has 0 spiro atoms. The molecule has 2 saturated carbocycles. The van der Waals surface area contributed by atoms with Gasteiger partial charge in [0, 0.05) is 16.6 Å². The van der Waals surface area contributed by atoms with E-state index >= 15 is 0 Å². The summed E-state index contributed by atoms with van der Waals surface area (Å²) in [5.74, 6) is -0.223. The van der Waals surface area contributed by atoms with Crippen LogP contribution in [0.5, 0.6) is 0 Å². The van der Waals surface area contributed by atoms with Crippen LogP contribution in [0.15, 0.2) is 48.5 Å². The lowest BCUT2D eigenvalue weighted by molar-refractivity contribution is 0.453. The van der Waals surface area contributed by atoms with Crippen molar-refractivity contribution < 1.29 is 8.96 Å². The maximum atomic E-state index is 14.9. The Morgan fingerprint density at radius 1 is 0.704 bits per heavy atom. The van der Waals surface area contributed by atoms with Gasteiger partial charge in [-0.05, 0) is 48.9 Å².